The molecule has 0 unspecified atom stereocenters. The van der Waals surface area contributed by atoms with Crippen molar-refractivity contribution in [2.24, 2.45) is 12.8 Å². The first-order chi connectivity index (χ1) is 8.02. The number of amides is 1. The van der Waals surface area contributed by atoms with Crippen LogP contribution in [0, 0.1) is 10.1 Å². The zero-order chi connectivity index (χ0) is 12.6. The Labute approximate surface area is 97.7 Å². The number of nitro groups is 1. The Hall–Kier alpha value is -1.92. The van der Waals surface area contributed by atoms with Crippen molar-refractivity contribution in [3.05, 3.63) is 21.5 Å². The Morgan fingerprint density at radius 1 is 1.53 bits per heavy atom. The Morgan fingerprint density at radius 3 is 2.59 bits per heavy atom. The SMILES string of the molecule is Cn1nc(C2CCCC2)c([N+](=O)[O-])c1C(N)=O. The van der Waals surface area contributed by atoms with Crippen molar-refractivity contribution in [2.75, 3.05) is 0 Å². The van der Waals surface area contributed by atoms with Gasteiger partial charge in [-0.2, -0.15) is 5.10 Å². The quantitative estimate of drug-likeness (QED) is 0.628. The van der Waals surface area contributed by atoms with E-state index in [1.54, 1.807) is 0 Å². The summed E-state index contributed by atoms with van der Waals surface area (Å²) < 4.78 is 1.22. The molecule has 7 heteroatoms. The largest absolute Gasteiger partial charge is 0.364 e. The second-order valence-electron chi connectivity index (χ2n) is 4.31. The van der Waals surface area contributed by atoms with E-state index in [1.165, 1.54) is 11.7 Å². The monoisotopic (exact) mass is 238 g/mol. The predicted molar refractivity (Wildman–Crippen MR) is 59.6 cm³/mol. The fraction of sp³-hybridized carbons (Fsp3) is 0.600. The molecule has 1 aromatic heterocycles. The number of rotatable bonds is 3. The molecule has 0 spiro atoms. The first kappa shape index (κ1) is 11.6. The summed E-state index contributed by atoms with van der Waals surface area (Å²) in [6, 6.07) is 0. The van der Waals surface area contributed by atoms with Gasteiger partial charge in [-0.15, -0.1) is 0 Å². The minimum Gasteiger partial charge on any atom is -0.364 e. The highest BCUT2D eigenvalue weighted by Gasteiger charge is 2.35. The number of carbonyl (C=O) groups excluding carboxylic acids is 1. The molecular weight excluding hydrogens is 224 g/mol. The first-order valence-corrected chi connectivity index (χ1v) is 5.53. The van der Waals surface area contributed by atoms with E-state index in [9.17, 15) is 14.9 Å². The number of carbonyl (C=O) groups is 1. The molecule has 1 amide bonds. The van der Waals surface area contributed by atoms with Crippen molar-refractivity contribution in [1.82, 2.24) is 9.78 Å². The van der Waals surface area contributed by atoms with Crippen molar-refractivity contribution in [3.63, 3.8) is 0 Å². The van der Waals surface area contributed by atoms with Gasteiger partial charge in [0.1, 0.15) is 5.69 Å². The average molecular weight is 238 g/mol. The van der Waals surface area contributed by atoms with Gasteiger partial charge in [-0.1, -0.05) is 12.8 Å². The molecular formula is C10H14N4O3. The van der Waals surface area contributed by atoms with Crippen LogP contribution >= 0.6 is 0 Å². The molecule has 0 atom stereocenters. The number of hydrogen-bond donors (Lipinski definition) is 1. The van der Waals surface area contributed by atoms with Crippen LogP contribution in [0.2, 0.25) is 0 Å². The summed E-state index contributed by atoms with van der Waals surface area (Å²) in [5, 5.41) is 15.2. The molecule has 0 aliphatic heterocycles. The number of aromatic nitrogens is 2. The van der Waals surface area contributed by atoms with E-state index in [-0.39, 0.29) is 17.3 Å². The first-order valence-electron chi connectivity index (χ1n) is 5.53. The maximum absolute atomic E-state index is 11.2. The highest BCUT2D eigenvalue weighted by Crippen LogP contribution is 2.39. The molecule has 1 fully saturated rings. The zero-order valence-corrected chi connectivity index (χ0v) is 9.55. The summed E-state index contributed by atoms with van der Waals surface area (Å²) >= 11 is 0. The third kappa shape index (κ3) is 1.88. The van der Waals surface area contributed by atoms with Crippen molar-refractivity contribution in [1.29, 1.82) is 0 Å². The van der Waals surface area contributed by atoms with E-state index < -0.39 is 10.8 Å². The second kappa shape index (κ2) is 4.15. The van der Waals surface area contributed by atoms with Crippen molar-refractivity contribution < 1.29 is 9.72 Å². The van der Waals surface area contributed by atoms with E-state index in [1.807, 2.05) is 0 Å². The maximum Gasteiger partial charge on any atom is 0.323 e. The zero-order valence-electron chi connectivity index (χ0n) is 9.55. The summed E-state index contributed by atoms with van der Waals surface area (Å²) in [4.78, 5) is 21.7. The molecule has 2 rings (SSSR count). The predicted octanol–water partition coefficient (Wildman–Crippen LogP) is 1.08. The summed E-state index contributed by atoms with van der Waals surface area (Å²) in [5.41, 5.74) is 5.24. The smallest absolute Gasteiger partial charge is 0.323 e. The molecule has 1 aromatic rings. The molecule has 17 heavy (non-hydrogen) atoms. The van der Waals surface area contributed by atoms with Gasteiger partial charge >= 0.3 is 5.69 Å². The maximum atomic E-state index is 11.2. The van der Waals surface area contributed by atoms with E-state index in [0.29, 0.717) is 5.69 Å². The molecule has 92 valence electrons. The second-order valence-corrected chi connectivity index (χ2v) is 4.31. The molecule has 0 saturated heterocycles. The number of primary amides is 1. The van der Waals surface area contributed by atoms with Crippen LogP contribution in [0.25, 0.3) is 0 Å². The van der Waals surface area contributed by atoms with Gasteiger partial charge in [-0.25, -0.2) is 0 Å². The average Bonchev–Trinajstić information content (AvgIpc) is 2.82. The number of nitrogens with zero attached hydrogens (tertiary/aromatic N) is 3. The highest BCUT2D eigenvalue weighted by atomic mass is 16.6. The molecule has 0 aromatic carbocycles. The lowest BCUT2D eigenvalue weighted by Gasteiger charge is -2.03. The van der Waals surface area contributed by atoms with Gasteiger partial charge in [0.25, 0.3) is 5.91 Å². The van der Waals surface area contributed by atoms with Crippen LogP contribution in [0.15, 0.2) is 0 Å². The van der Waals surface area contributed by atoms with Gasteiger partial charge in [0.2, 0.25) is 5.69 Å². The van der Waals surface area contributed by atoms with E-state index in [0.717, 1.165) is 25.7 Å². The highest BCUT2D eigenvalue weighted by molar-refractivity contribution is 5.95. The van der Waals surface area contributed by atoms with Crippen LogP contribution in [-0.2, 0) is 7.05 Å². The molecule has 0 bridgehead atoms. The van der Waals surface area contributed by atoms with Gasteiger partial charge in [0.05, 0.1) is 4.92 Å². The third-order valence-corrected chi connectivity index (χ3v) is 3.21. The van der Waals surface area contributed by atoms with Gasteiger partial charge in [0, 0.05) is 13.0 Å². The summed E-state index contributed by atoms with van der Waals surface area (Å²) in [6.45, 7) is 0. The Morgan fingerprint density at radius 2 is 2.12 bits per heavy atom. The molecule has 7 nitrogen and oxygen atoms in total. The van der Waals surface area contributed by atoms with Gasteiger partial charge in [-0.05, 0) is 12.8 Å². The van der Waals surface area contributed by atoms with Crippen LogP contribution in [-0.4, -0.2) is 20.6 Å². The fourth-order valence-electron chi connectivity index (χ4n) is 2.46. The lowest BCUT2D eigenvalue weighted by molar-refractivity contribution is -0.386. The fourth-order valence-corrected chi connectivity index (χ4v) is 2.46. The van der Waals surface area contributed by atoms with Crippen molar-refractivity contribution in [3.8, 4) is 0 Å². The summed E-state index contributed by atoms with van der Waals surface area (Å²) in [5.74, 6) is -0.731. The minimum atomic E-state index is -0.809. The van der Waals surface area contributed by atoms with E-state index >= 15 is 0 Å². The van der Waals surface area contributed by atoms with Gasteiger partial charge in [-0.3, -0.25) is 19.6 Å². The van der Waals surface area contributed by atoms with Crippen molar-refractivity contribution >= 4 is 11.6 Å². The van der Waals surface area contributed by atoms with Crippen LogP contribution in [0.4, 0.5) is 5.69 Å². The van der Waals surface area contributed by atoms with E-state index in [2.05, 4.69) is 5.10 Å². The molecule has 1 aliphatic rings. The molecule has 1 aliphatic carbocycles. The number of aryl methyl sites for hydroxylation is 1. The third-order valence-electron chi connectivity index (χ3n) is 3.21. The molecule has 1 heterocycles. The van der Waals surface area contributed by atoms with Crippen molar-refractivity contribution in [2.45, 2.75) is 31.6 Å². The molecule has 1 saturated carbocycles. The number of hydrogen-bond acceptors (Lipinski definition) is 4. The van der Waals surface area contributed by atoms with Gasteiger partial charge < -0.3 is 5.73 Å². The lowest BCUT2D eigenvalue weighted by Crippen LogP contribution is -2.17. The molecule has 2 N–H and O–H groups in total. The van der Waals surface area contributed by atoms with Crippen LogP contribution in [0.1, 0.15) is 47.8 Å². The summed E-state index contributed by atoms with van der Waals surface area (Å²) in [7, 11) is 1.51. The topological polar surface area (TPSA) is 104 Å². The summed E-state index contributed by atoms with van der Waals surface area (Å²) in [6.07, 6.45) is 3.86. The minimum absolute atomic E-state index is 0.0784. The standard InChI is InChI=1S/C10H14N4O3/c1-13-9(10(11)15)8(14(16)17)7(12-13)6-4-2-3-5-6/h6H,2-5H2,1H3,(H2,11,15). The normalized spacial score (nSPS) is 16.3. The van der Waals surface area contributed by atoms with Crippen LogP contribution in [0.5, 0.6) is 0 Å². The van der Waals surface area contributed by atoms with E-state index in [4.69, 9.17) is 5.73 Å². The lowest BCUT2D eigenvalue weighted by atomic mass is 10.0. The van der Waals surface area contributed by atoms with Gasteiger partial charge in [0.15, 0.2) is 0 Å². The Balaban J connectivity index is 2.55. The Kier molecular flexibility index (Phi) is 2.83. The number of nitrogens with two attached hydrogens (primary N) is 1. The van der Waals surface area contributed by atoms with Crippen LogP contribution in [0.3, 0.4) is 0 Å². The molecule has 0 radical (unpaired) electrons. The Bertz CT molecular complexity index is 474. The van der Waals surface area contributed by atoms with Crippen LogP contribution < -0.4 is 5.73 Å².